The number of esters is 2. The first-order chi connectivity index (χ1) is 7.11. The van der Waals surface area contributed by atoms with Crippen LogP contribution >= 0.6 is 11.6 Å². The maximum Gasteiger partial charge on any atom is 0.350 e. The molecule has 0 rings (SSSR count). The molecule has 0 aliphatic carbocycles. The SMILES string of the molecule is C=CCOC(=O)/C=C(/Cl)C(=O)OCC=C. The summed E-state index contributed by atoms with van der Waals surface area (Å²) in [7, 11) is 0. The van der Waals surface area contributed by atoms with Crippen LogP contribution in [0.3, 0.4) is 0 Å². The molecule has 0 fully saturated rings. The summed E-state index contributed by atoms with van der Waals surface area (Å²) < 4.78 is 9.14. The largest absolute Gasteiger partial charge is 0.458 e. The van der Waals surface area contributed by atoms with Crippen molar-refractivity contribution in [1.82, 2.24) is 0 Å². The molecule has 0 amide bonds. The van der Waals surface area contributed by atoms with Gasteiger partial charge in [-0.15, -0.1) is 0 Å². The van der Waals surface area contributed by atoms with Gasteiger partial charge in [0.15, 0.2) is 0 Å². The Morgan fingerprint density at radius 3 is 2.20 bits per heavy atom. The molecule has 0 heterocycles. The summed E-state index contributed by atoms with van der Waals surface area (Å²) in [5, 5.41) is -0.342. The quantitative estimate of drug-likeness (QED) is 0.395. The molecule has 0 spiro atoms. The van der Waals surface area contributed by atoms with Gasteiger partial charge in [0.05, 0.1) is 0 Å². The van der Waals surface area contributed by atoms with E-state index in [1.54, 1.807) is 0 Å². The predicted molar refractivity (Wildman–Crippen MR) is 56.2 cm³/mol. The Hall–Kier alpha value is -1.55. The number of carbonyl (C=O) groups is 2. The van der Waals surface area contributed by atoms with Crippen molar-refractivity contribution in [3.63, 3.8) is 0 Å². The third-order valence-corrected chi connectivity index (χ3v) is 1.38. The van der Waals surface area contributed by atoms with Crippen molar-refractivity contribution >= 4 is 23.5 Å². The van der Waals surface area contributed by atoms with Crippen LogP contribution < -0.4 is 0 Å². The molecule has 0 bridgehead atoms. The van der Waals surface area contributed by atoms with Crippen molar-refractivity contribution in [2.24, 2.45) is 0 Å². The fourth-order valence-electron chi connectivity index (χ4n) is 0.549. The van der Waals surface area contributed by atoms with Gasteiger partial charge in [-0.2, -0.15) is 0 Å². The van der Waals surface area contributed by atoms with E-state index in [1.807, 2.05) is 0 Å². The lowest BCUT2D eigenvalue weighted by Crippen LogP contribution is -2.08. The third kappa shape index (κ3) is 6.51. The van der Waals surface area contributed by atoms with Crippen LogP contribution in [0.1, 0.15) is 0 Å². The molecule has 0 radical (unpaired) electrons. The molecule has 0 aliphatic heterocycles. The van der Waals surface area contributed by atoms with Gasteiger partial charge in [-0.3, -0.25) is 0 Å². The van der Waals surface area contributed by atoms with Crippen molar-refractivity contribution in [2.75, 3.05) is 13.2 Å². The highest BCUT2D eigenvalue weighted by atomic mass is 35.5. The Morgan fingerprint density at radius 1 is 1.13 bits per heavy atom. The molecule has 0 saturated carbocycles. The first-order valence-electron chi connectivity index (χ1n) is 4.04. The van der Waals surface area contributed by atoms with Gasteiger partial charge in [0, 0.05) is 6.08 Å². The number of hydrogen-bond acceptors (Lipinski definition) is 4. The van der Waals surface area contributed by atoms with Crippen molar-refractivity contribution in [3.8, 4) is 0 Å². The lowest BCUT2D eigenvalue weighted by molar-refractivity contribution is -0.139. The predicted octanol–water partition coefficient (Wildman–Crippen LogP) is 1.57. The fraction of sp³-hybridized carbons (Fsp3) is 0.200. The second kappa shape index (κ2) is 7.82. The van der Waals surface area contributed by atoms with Crippen LogP contribution in [0.5, 0.6) is 0 Å². The molecule has 15 heavy (non-hydrogen) atoms. The van der Waals surface area contributed by atoms with Crippen LogP contribution in [-0.4, -0.2) is 25.2 Å². The topological polar surface area (TPSA) is 52.6 Å². The lowest BCUT2D eigenvalue weighted by Gasteiger charge is -2.00. The van der Waals surface area contributed by atoms with Crippen LogP contribution in [0.15, 0.2) is 36.4 Å². The van der Waals surface area contributed by atoms with Crippen molar-refractivity contribution < 1.29 is 19.1 Å². The molecular weight excluding hydrogens is 220 g/mol. The average Bonchev–Trinajstić information content (AvgIpc) is 2.22. The van der Waals surface area contributed by atoms with Gasteiger partial charge in [0.25, 0.3) is 0 Å². The number of carbonyl (C=O) groups excluding carboxylic acids is 2. The van der Waals surface area contributed by atoms with E-state index in [1.165, 1.54) is 12.2 Å². The lowest BCUT2D eigenvalue weighted by atomic mass is 10.5. The summed E-state index contributed by atoms with van der Waals surface area (Å²) in [4.78, 5) is 21.9. The summed E-state index contributed by atoms with van der Waals surface area (Å²) in [6.07, 6.45) is 3.63. The number of rotatable bonds is 6. The highest BCUT2D eigenvalue weighted by molar-refractivity contribution is 6.42. The van der Waals surface area contributed by atoms with Gasteiger partial charge < -0.3 is 9.47 Å². The van der Waals surface area contributed by atoms with Gasteiger partial charge in [0.2, 0.25) is 0 Å². The molecule has 0 atom stereocenters. The smallest absolute Gasteiger partial charge is 0.350 e. The van der Waals surface area contributed by atoms with Gasteiger partial charge in [-0.1, -0.05) is 36.9 Å². The monoisotopic (exact) mass is 230 g/mol. The van der Waals surface area contributed by atoms with Gasteiger partial charge in [0.1, 0.15) is 18.2 Å². The number of hydrogen-bond donors (Lipinski definition) is 0. The summed E-state index contributed by atoms with van der Waals surface area (Å²) in [6, 6.07) is 0. The number of halogens is 1. The molecule has 5 heteroatoms. The Kier molecular flexibility index (Phi) is 7.01. The van der Waals surface area contributed by atoms with Gasteiger partial charge in [-0.05, 0) is 0 Å². The van der Waals surface area contributed by atoms with Crippen LogP contribution in [0.4, 0.5) is 0 Å². The van der Waals surface area contributed by atoms with E-state index in [0.29, 0.717) is 0 Å². The Morgan fingerprint density at radius 2 is 1.67 bits per heavy atom. The molecule has 0 aromatic heterocycles. The Labute approximate surface area is 92.8 Å². The van der Waals surface area contributed by atoms with Crippen LogP contribution in [-0.2, 0) is 19.1 Å². The van der Waals surface area contributed by atoms with E-state index in [2.05, 4.69) is 22.6 Å². The van der Waals surface area contributed by atoms with E-state index in [-0.39, 0.29) is 18.2 Å². The fourth-order valence-corrected chi connectivity index (χ4v) is 0.692. The minimum atomic E-state index is -0.799. The van der Waals surface area contributed by atoms with Crippen molar-refractivity contribution in [2.45, 2.75) is 0 Å². The Bertz CT molecular complexity index is 294. The maximum atomic E-state index is 11.0. The van der Waals surface area contributed by atoms with Crippen LogP contribution in [0, 0.1) is 0 Å². The first kappa shape index (κ1) is 13.4. The van der Waals surface area contributed by atoms with Gasteiger partial charge in [-0.25, -0.2) is 9.59 Å². The zero-order chi connectivity index (χ0) is 11.7. The van der Waals surface area contributed by atoms with Crippen LogP contribution in [0.25, 0.3) is 0 Å². The minimum absolute atomic E-state index is 0.0323. The molecule has 0 aromatic carbocycles. The second-order valence-electron chi connectivity index (χ2n) is 2.30. The zero-order valence-corrected chi connectivity index (χ0v) is 8.83. The van der Waals surface area contributed by atoms with E-state index in [9.17, 15) is 9.59 Å². The summed E-state index contributed by atoms with van der Waals surface area (Å²) in [6.45, 7) is 6.79. The van der Waals surface area contributed by atoms with Crippen molar-refractivity contribution in [1.29, 1.82) is 0 Å². The van der Waals surface area contributed by atoms with Gasteiger partial charge >= 0.3 is 11.9 Å². The summed E-state index contributed by atoms with van der Waals surface area (Å²) >= 11 is 5.47. The molecule has 82 valence electrons. The summed E-state index contributed by atoms with van der Waals surface area (Å²) in [5.74, 6) is -1.53. The molecule has 0 aliphatic rings. The molecule has 0 unspecified atom stereocenters. The highest BCUT2D eigenvalue weighted by Crippen LogP contribution is 2.04. The average molecular weight is 231 g/mol. The minimum Gasteiger partial charge on any atom is -0.458 e. The second-order valence-corrected chi connectivity index (χ2v) is 2.71. The maximum absolute atomic E-state index is 11.0. The van der Waals surface area contributed by atoms with E-state index in [4.69, 9.17) is 11.6 Å². The molecule has 0 N–H and O–H groups in total. The molecule has 0 saturated heterocycles. The normalized spacial score (nSPS) is 10.3. The zero-order valence-electron chi connectivity index (χ0n) is 8.07. The van der Waals surface area contributed by atoms with Crippen molar-refractivity contribution in [3.05, 3.63) is 36.4 Å². The van der Waals surface area contributed by atoms with E-state index >= 15 is 0 Å². The first-order valence-corrected chi connectivity index (χ1v) is 4.42. The third-order valence-electron chi connectivity index (χ3n) is 1.12. The molecule has 0 aromatic rings. The van der Waals surface area contributed by atoms with E-state index in [0.717, 1.165) is 6.08 Å². The highest BCUT2D eigenvalue weighted by Gasteiger charge is 2.10. The van der Waals surface area contributed by atoms with E-state index < -0.39 is 11.9 Å². The van der Waals surface area contributed by atoms with Crippen LogP contribution in [0.2, 0.25) is 0 Å². The Balaban J connectivity index is 4.15. The molecular formula is C10H11ClO4. The number of ether oxygens (including phenoxy) is 2. The molecule has 4 nitrogen and oxygen atoms in total. The summed E-state index contributed by atoms with van der Waals surface area (Å²) in [5.41, 5.74) is 0. The standard InChI is InChI=1S/C10H11ClO4/c1-3-5-14-9(12)7-8(11)10(13)15-6-4-2/h3-4,7H,1-2,5-6H2/b8-7+.